The summed E-state index contributed by atoms with van der Waals surface area (Å²) in [5.74, 6) is -0.143. The number of aromatic amines is 1. The summed E-state index contributed by atoms with van der Waals surface area (Å²) in [5, 5.41) is 21.3. The van der Waals surface area contributed by atoms with E-state index in [1.165, 1.54) is 11.3 Å². The van der Waals surface area contributed by atoms with Crippen molar-refractivity contribution in [3.8, 4) is 0 Å². The van der Waals surface area contributed by atoms with Gasteiger partial charge < -0.3 is 10.4 Å². The molecular formula is C12H15N3O2S. The van der Waals surface area contributed by atoms with Gasteiger partial charge in [0.15, 0.2) is 0 Å². The quantitative estimate of drug-likeness (QED) is 0.756. The van der Waals surface area contributed by atoms with Crippen LogP contribution in [0.5, 0.6) is 0 Å². The Kier molecular flexibility index (Phi) is 3.78. The van der Waals surface area contributed by atoms with Crippen LogP contribution in [0.2, 0.25) is 0 Å². The number of hydrogen-bond acceptors (Lipinski definition) is 4. The van der Waals surface area contributed by atoms with E-state index in [9.17, 15) is 9.90 Å². The summed E-state index contributed by atoms with van der Waals surface area (Å²) in [7, 11) is 0. The van der Waals surface area contributed by atoms with E-state index in [4.69, 9.17) is 0 Å². The number of aliphatic hydroxyl groups is 1. The molecule has 0 saturated carbocycles. The fourth-order valence-corrected chi connectivity index (χ4v) is 2.35. The van der Waals surface area contributed by atoms with Gasteiger partial charge in [-0.25, -0.2) is 0 Å². The number of rotatable bonds is 5. The molecule has 2 heterocycles. The van der Waals surface area contributed by atoms with Gasteiger partial charge in [0, 0.05) is 16.8 Å². The number of nitrogens with zero attached hydrogens (tertiary/aromatic N) is 1. The van der Waals surface area contributed by atoms with E-state index in [1.54, 1.807) is 19.2 Å². The third-order valence-electron chi connectivity index (χ3n) is 2.59. The smallest absolute Gasteiger partial charge is 0.226 e. The molecule has 0 aliphatic heterocycles. The van der Waals surface area contributed by atoms with Gasteiger partial charge in [-0.05, 0) is 24.4 Å². The lowest BCUT2D eigenvalue weighted by atomic mass is 10.1. The highest BCUT2D eigenvalue weighted by Crippen LogP contribution is 2.24. The summed E-state index contributed by atoms with van der Waals surface area (Å²) in [6, 6.07) is 5.48. The molecule has 2 aromatic heterocycles. The number of thiophene rings is 1. The van der Waals surface area contributed by atoms with Crippen molar-refractivity contribution >= 4 is 17.2 Å². The van der Waals surface area contributed by atoms with E-state index in [0.29, 0.717) is 0 Å². The molecule has 0 aromatic carbocycles. The molecule has 0 bridgehead atoms. The first-order valence-corrected chi connectivity index (χ1v) is 6.47. The zero-order valence-corrected chi connectivity index (χ0v) is 10.8. The molecule has 1 atom stereocenters. The Bertz CT molecular complexity index is 491. The van der Waals surface area contributed by atoms with Crippen molar-refractivity contribution < 1.29 is 9.90 Å². The van der Waals surface area contributed by atoms with E-state index in [0.717, 1.165) is 10.6 Å². The maximum atomic E-state index is 11.7. The van der Waals surface area contributed by atoms with E-state index < -0.39 is 5.60 Å². The monoisotopic (exact) mass is 265 g/mol. The number of nitrogens with one attached hydrogen (secondary N) is 2. The highest BCUT2D eigenvalue weighted by molar-refractivity contribution is 7.10. The first kappa shape index (κ1) is 12.8. The fraction of sp³-hybridized carbons (Fsp3) is 0.333. The van der Waals surface area contributed by atoms with Crippen molar-refractivity contribution in [3.63, 3.8) is 0 Å². The van der Waals surface area contributed by atoms with Gasteiger partial charge in [-0.15, -0.1) is 11.3 Å². The molecule has 0 aliphatic carbocycles. The lowest BCUT2D eigenvalue weighted by Crippen LogP contribution is -2.38. The van der Waals surface area contributed by atoms with Crippen LogP contribution < -0.4 is 5.32 Å². The summed E-state index contributed by atoms with van der Waals surface area (Å²) >= 11 is 1.47. The Balaban J connectivity index is 1.86. The molecule has 96 valence electrons. The van der Waals surface area contributed by atoms with Crippen LogP contribution in [0.4, 0.5) is 0 Å². The minimum atomic E-state index is -1.03. The zero-order chi connectivity index (χ0) is 13.0. The van der Waals surface area contributed by atoms with Crippen molar-refractivity contribution in [3.05, 3.63) is 40.3 Å². The van der Waals surface area contributed by atoms with E-state index in [2.05, 4.69) is 15.5 Å². The molecule has 0 radical (unpaired) electrons. The minimum absolute atomic E-state index is 0.143. The molecule has 6 heteroatoms. The van der Waals surface area contributed by atoms with Crippen LogP contribution in [0.1, 0.15) is 17.5 Å². The Labute approximate surface area is 109 Å². The van der Waals surface area contributed by atoms with Gasteiger partial charge >= 0.3 is 0 Å². The van der Waals surface area contributed by atoms with Crippen molar-refractivity contribution in [1.82, 2.24) is 15.5 Å². The van der Waals surface area contributed by atoms with Crippen LogP contribution in [0.25, 0.3) is 0 Å². The number of hydrogen-bond donors (Lipinski definition) is 3. The predicted molar refractivity (Wildman–Crippen MR) is 69.2 cm³/mol. The second-order valence-corrected chi connectivity index (χ2v) is 5.23. The summed E-state index contributed by atoms with van der Waals surface area (Å²) in [5.41, 5.74) is -0.277. The first-order chi connectivity index (χ1) is 8.58. The van der Waals surface area contributed by atoms with E-state index in [-0.39, 0.29) is 18.9 Å². The average Bonchev–Trinajstić information content (AvgIpc) is 2.99. The van der Waals surface area contributed by atoms with Crippen molar-refractivity contribution in [2.75, 3.05) is 6.54 Å². The van der Waals surface area contributed by atoms with Crippen molar-refractivity contribution in [2.24, 2.45) is 0 Å². The molecule has 2 aromatic rings. The van der Waals surface area contributed by atoms with E-state index >= 15 is 0 Å². The highest BCUT2D eigenvalue weighted by Gasteiger charge is 2.24. The average molecular weight is 265 g/mol. The van der Waals surface area contributed by atoms with Crippen LogP contribution in [-0.4, -0.2) is 27.8 Å². The fourth-order valence-electron chi connectivity index (χ4n) is 1.56. The van der Waals surface area contributed by atoms with Gasteiger partial charge in [0.05, 0.1) is 13.0 Å². The second kappa shape index (κ2) is 5.32. The van der Waals surface area contributed by atoms with Crippen molar-refractivity contribution in [2.45, 2.75) is 18.9 Å². The SMILES string of the molecule is CC(O)(CNC(=O)Cc1ccn[nH]1)c1cccs1. The Hall–Kier alpha value is -1.66. The van der Waals surface area contributed by atoms with E-state index in [1.807, 2.05) is 17.5 Å². The topological polar surface area (TPSA) is 78.0 Å². The molecule has 1 unspecified atom stereocenters. The largest absolute Gasteiger partial charge is 0.383 e. The van der Waals surface area contributed by atoms with Gasteiger partial charge in [-0.1, -0.05) is 6.07 Å². The van der Waals surface area contributed by atoms with Gasteiger partial charge in [0.1, 0.15) is 5.60 Å². The number of H-pyrrole nitrogens is 1. The molecule has 0 spiro atoms. The summed E-state index contributed by atoms with van der Waals surface area (Å²) in [6.45, 7) is 1.88. The molecule has 0 fully saturated rings. The molecule has 5 nitrogen and oxygen atoms in total. The maximum absolute atomic E-state index is 11.7. The van der Waals surface area contributed by atoms with Gasteiger partial charge in [0.25, 0.3) is 0 Å². The second-order valence-electron chi connectivity index (χ2n) is 4.29. The predicted octanol–water partition coefficient (Wildman–Crippen LogP) is 1.04. The normalized spacial score (nSPS) is 14.1. The number of aromatic nitrogens is 2. The van der Waals surface area contributed by atoms with Crippen LogP contribution in [0.3, 0.4) is 0 Å². The molecular weight excluding hydrogens is 250 g/mol. The molecule has 1 amide bonds. The van der Waals surface area contributed by atoms with Crippen LogP contribution in [-0.2, 0) is 16.8 Å². The first-order valence-electron chi connectivity index (χ1n) is 5.59. The zero-order valence-electron chi connectivity index (χ0n) is 10.0. The molecule has 18 heavy (non-hydrogen) atoms. The van der Waals surface area contributed by atoms with Crippen molar-refractivity contribution in [1.29, 1.82) is 0 Å². The number of carbonyl (C=O) groups is 1. The van der Waals surface area contributed by atoms with Gasteiger partial charge in [-0.2, -0.15) is 5.10 Å². The third-order valence-corrected chi connectivity index (χ3v) is 3.71. The Morgan fingerprint density at radius 3 is 3.06 bits per heavy atom. The van der Waals surface area contributed by atoms with Gasteiger partial charge in [-0.3, -0.25) is 9.89 Å². The minimum Gasteiger partial charge on any atom is -0.383 e. The lowest BCUT2D eigenvalue weighted by Gasteiger charge is -2.22. The number of amides is 1. The third kappa shape index (κ3) is 3.18. The lowest BCUT2D eigenvalue weighted by molar-refractivity contribution is -0.121. The van der Waals surface area contributed by atoms with Crippen LogP contribution >= 0.6 is 11.3 Å². The Morgan fingerprint density at radius 1 is 1.61 bits per heavy atom. The standard InChI is InChI=1S/C12H15N3O2S/c1-12(17,10-3-2-6-18-10)8-13-11(16)7-9-4-5-14-15-9/h2-6,17H,7-8H2,1H3,(H,13,16)(H,14,15). The number of carbonyl (C=O) groups excluding carboxylic acids is 1. The molecule has 3 N–H and O–H groups in total. The summed E-state index contributed by atoms with van der Waals surface area (Å²) in [6.07, 6.45) is 1.84. The molecule has 0 aliphatic rings. The van der Waals surface area contributed by atoms with Crippen LogP contribution in [0, 0.1) is 0 Å². The maximum Gasteiger partial charge on any atom is 0.226 e. The highest BCUT2D eigenvalue weighted by atomic mass is 32.1. The molecule has 0 saturated heterocycles. The van der Waals surface area contributed by atoms with Crippen LogP contribution in [0.15, 0.2) is 29.8 Å². The summed E-state index contributed by atoms with van der Waals surface area (Å²) < 4.78 is 0. The molecule has 2 rings (SSSR count). The summed E-state index contributed by atoms with van der Waals surface area (Å²) in [4.78, 5) is 12.5. The van der Waals surface area contributed by atoms with Gasteiger partial charge in [0.2, 0.25) is 5.91 Å². The Morgan fingerprint density at radius 2 is 2.44 bits per heavy atom.